The van der Waals surface area contributed by atoms with Gasteiger partial charge in [-0.05, 0) is 37.6 Å². The van der Waals surface area contributed by atoms with Crippen LogP contribution in [0.2, 0.25) is 0 Å². The van der Waals surface area contributed by atoms with Gasteiger partial charge < -0.3 is 10.2 Å². The fraction of sp³-hybridized carbons (Fsp3) is 0.667. The summed E-state index contributed by atoms with van der Waals surface area (Å²) in [5, 5.41) is 4.47. The third-order valence-electron chi connectivity index (χ3n) is 5.12. The summed E-state index contributed by atoms with van der Waals surface area (Å²) < 4.78 is 27.3. The Labute approximate surface area is 170 Å². The van der Waals surface area contributed by atoms with E-state index >= 15 is 0 Å². The smallest absolute Gasteiger partial charge is 0.265 e. The second-order valence-electron chi connectivity index (χ2n) is 7.10. The molecule has 2 fully saturated rings. The molecule has 0 spiro atoms. The van der Waals surface area contributed by atoms with Crippen LogP contribution < -0.4 is 5.32 Å². The number of carbonyl (C=O) groups is 2. The van der Waals surface area contributed by atoms with E-state index in [9.17, 15) is 18.0 Å². The Balaban J connectivity index is 1.68. The van der Waals surface area contributed by atoms with Crippen LogP contribution in [0.25, 0.3) is 0 Å². The molecule has 156 valence electrons. The van der Waals surface area contributed by atoms with Crippen LogP contribution >= 0.6 is 11.3 Å². The molecule has 0 unspecified atom stereocenters. The molecule has 8 nitrogen and oxygen atoms in total. The van der Waals surface area contributed by atoms with E-state index in [1.54, 1.807) is 16.3 Å². The van der Waals surface area contributed by atoms with Crippen molar-refractivity contribution in [2.45, 2.75) is 31.1 Å². The lowest BCUT2D eigenvalue weighted by atomic mass is 10.3. The van der Waals surface area contributed by atoms with Crippen molar-refractivity contribution < 1.29 is 18.0 Å². The monoisotopic (exact) mass is 428 g/mol. The van der Waals surface area contributed by atoms with Crippen molar-refractivity contribution in [1.29, 1.82) is 0 Å². The summed E-state index contributed by atoms with van der Waals surface area (Å²) in [5.74, 6) is -0.243. The van der Waals surface area contributed by atoms with Gasteiger partial charge in [0.1, 0.15) is 9.77 Å². The van der Waals surface area contributed by atoms with Crippen molar-refractivity contribution >= 4 is 33.2 Å². The second-order valence-corrected chi connectivity index (χ2v) is 9.92. The summed E-state index contributed by atoms with van der Waals surface area (Å²) in [5.41, 5.74) is 0. The highest BCUT2D eigenvalue weighted by atomic mass is 32.2. The molecule has 3 rings (SSSR count). The second kappa shape index (κ2) is 9.34. The topological polar surface area (TPSA) is 90.0 Å². The maximum atomic E-state index is 13.1. The van der Waals surface area contributed by atoms with Gasteiger partial charge in [-0.1, -0.05) is 0 Å². The molecule has 1 aromatic heterocycles. The quantitative estimate of drug-likeness (QED) is 0.724. The van der Waals surface area contributed by atoms with Gasteiger partial charge in [0, 0.05) is 45.8 Å². The maximum Gasteiger partial charge on any atom is 0.265 e. The van der Waals surface area contributed by atoms with Gasteiger partial charge in [-0.15, -0.1) is 11.3 Å². The molecule has 0 aromatic carbocycles. The van der Waals surface area contributed by atoms with E-state index in [4.69, 9.17) is 0 Å². The van der Waals surface area contributed by atoms with Gasteiger partial charge in [-0.25, -0.2) is 8.42 Å². The molecule has 0 atom stereocenters. The van der Waals surface area contributed by atoms with Crippen LogP contribution in [0.5, 0.6) is 0 Å². The molecule has 2 amide bonds. The number of amides is 2. The zero-order valence-corrected chi connectivity index (χ0v) is 17.9. The number of sulfonamides is 1. The van der Waals surface area contributed by atoms with Crippen LogP contribution in [0.4, 0.5) is 0 Å². The van der Waals surface area contributed by atoms with E-state index in [1.807, 2.05) is 11.8 Å². The molecule has 10 heteroatoms. The molecule has 1 aromatic rings. The fourth-order valence-electron chi connectivity index (χ4n) is 3.66. The van der Waals surface area contributed by atoms with Crippen LogP contribution in [0, 0.1) is 0 Å². The van der Waals surface area contributed by atoms with E-state index in [1.165, 1.54) is 15.6 Å². The zero-order valence-electron chi connectivity index (χ0n) is 16.2. The van der Waals surface area contributed by atoms with Crippen molar-refractivity contribution in [2.24, 2.45) is 0 Å². The van der Waals surface area contributed by atoms with Gasteiger partial charge in [0.05, 0.1) is 6.54 Å². The Hall–Kier alpha value is -1.49. The number of carbonyl (C=O) groups excluding carboxylic acids is 2. The lowest BCUT2D eigenvalue weighted by molar-refractivity contribution is -0.122. The summed E-state index contributed by atoms with van der Waals surface area (Å²) in [6.07, 6.45) is 2.48. The molecule has 0 aliphatic carbocycles. The largest absolute Gasteiger partial charge is 0.355 e. The Morgan fingerprint density at radius 2 is 1.82 bits per heavy atom. The summed E-state index contributed by atoms with van der Waals surface area (Å²) >= 11 is 1.19. The standard InChI is InChI=1S/C18H28N4O4S2/c1-2-19-16(23)14-20-7-5-8-21(12-11-20)18(24)17-15(6-13-27-17)28(25,26)22-9-3-4-10-22/h6,13H,2-5,7-12,14H2,1H3,(H,19,23). The molecule has 2 saturated heterocycles. The molecule has 2 aliphatic rings. The van der Waals surface area contributed by atoms with E-state index in [-0.39, 0.29) is 16.7 Å². The molecule has 0 radical (unpaired) electrons. The van der Waals surface area contributed by atoms with Crippen molar-refractivity contribution in [2.75, 3.05) is 52.4 Å². The minimum atomic E-state index is -3.62. The molecule has 3 heterocycles. The third kappa shape index (κ3) is 4.73. The van der Waals surface area contributed by atoms with Gasteiger partial charge in [0.2, 0.25) is 15.9 Å². The number of hydrogen-bond donors (Lipinski definition) is 1. The van der Waals surface area contributed by atoms with Gasteiger partial charge >= 0.3 is 0 Å². The highest BCUT2D eigenvalue weighted by molar-refractivity contribution is 7.89. The Bertz CT molecular complexity index is 802. The molecule has 0 bridgehead atoms. The minimum absolute atomic E-state index is 0.0143. The van der Waals surface area contributed by atoms with E-state index < -0.39 is 10.0 Å². The third-order valence-corrected chi connectivity index (χ3v) is 8.10. The van der Waals surface area contributed by atoms with Crippen LogP contribution in [0.15, 0.2) is 16.3 Å². The predicted octanol–water partition coefficient (Wildman–Crippen LogP) is 0.817. The lowest BCUT2D eigenvalue weighted by Gasteiger charge is -2.22. The average Bonchev–Trinajstić information content (AvgIpc) is 3.32. The first-order valence-electron chi connectivity index (χ1n) is 9.79. The first-order valence-corrected chi connectivity index (χ1v) is 12.1. The first kappa shape index (κ1) is 21.2. The van der Waals surface area contributed by atoms with E-state index in [0.717, 1.165) is 25.8 Å². The minimum Gasteiger partial charge on any atom is -0.355 e. The molecule has 2 aliphatic heterocycles. The molecular weight excluding hydrogens is 400 g/mol. The van der Waals surface area contributed by atoms with Gasteiger partial charge in [0.25, 0.3) is 5.91 Å². The van der Waals surface area contributed by atoms with Gasteiger partial charge in [-0.3, -0.25) is 14.5 Å². The van der Waals surface area contributed by atoms with Crippen LogP contribution in [0.1, 0.15) is 35.9 Å². The van der Waals surface area contributed by atoms with Gasteiger partial charge in [0.15, 0.2) is 0 Å². The molecular formula is C18H28N4O4S2. The van der Waals surface area contributed by atoms with E-state index in [2.05, 4.69) is 5.32 Å². The highest BCUT2D eigenvalue weighted by Crippen LogP contribution is 2.29. The van der Waals surface area contributed by atoms with Gasteiger partial charge in [-0.2, -0.15) is 4.31 Å². The highest BCUT2D eigenvalue weighted by Gasteiger charge is 2.33. The van der Waals surface area contributed by atoms with E-state index in [0.29, 0.717) is 50.7 Å². The predicted molar refractivity (Wildman–Crippen MR) is 108 cm³/mol. The average molecular weight is 429 g/mol. The number of rotatable bonds is 6. The molecule has 0 saturated carbocycles. The van der Waals surface area contributed by atoms with Crippen molar-refractivity contribution in [3.63, 3.8) is 0 Å². The van der Waals surface area contributed by atoms with Crippen LogP contribution in [0.3, 0.4) is 0 Å². The Morgan fingerprint density at radius 1 is 1.07 bits per heavy atom. The fourth-order valence-corrected chi connectivity index (χ4v) is 6.54. The Kier molecular flexibility index (Phi) is 7.08. The summed E-state index contributed by atoms with van der Waals surface area (Å²) in [4.78, 5) is 29.1. The number of thiophene rings is 1. The first-order chi connectivity index (χ1) is 13.4. The number of nitrogens with one attached hydrogen (secondary N) is 1. The summed E-state index contributed by atoms with van der Waals surface area (Å²) in [6.45, 7) is 6.23. The van der Waals surface area contributed by atoms with Crippen molar-refractivity contribution in [1.82, 2.24) is 19.4 Å². The lowest BCUT2D eigenvalue weighted by Crippen LogP contribution is -2.40. The van der Waals surface area contributed by atoms with Crippen LogP contribution in [-0.2, 0) is 14.8 Å². The van der Waals surface area contributed by atoms with Crippen LogP contribution in [-0.4, -0.2) is 86.7 Å². The molecule has 28 heavy (non-hydrogen) atoms. The summed E-state index contributed by atoms with van der Waals surface area (Å²) in [6, 6.07) is 1.55. The van der Waals surface area contributed by atoms with Crippen molar-refractivity contribution in [3.05, 3.63) is 16.3 Å². The number of likely N-dealkylation sites (N-methyl/N-ethyl adjacent to an activating group) is 1. The Morgan fingerprint density at radius 3 is 2.54 bits per heavy atom. The van der Waals surface area contributed by atoms with Crippen molar-refractivity contribution in [3.8, 4) is 0 Å². The number of hydrogen-bond acceptors (Lipinski definition) is 6. The normalized spacial score (nSPS) is 19.5. The zero-order chi connectivity index (χ0) is 20.1. The molecule has 1 N–H and O–H groups in total. The number of nitrogens with zero attached hydrogens (tertiary/aromatic N) is 3. The SMILES string of the molecule is CCNC(=O)CN1CCCN(C(=O)c2sccc2S(=O)(=O)N2CCCC2)CC1. The maximum absolute atomic E-state index is 13.1. The summed E-state index contributed by atoms with van der Waals surface area (Å²) in [7, 11) is -3.62.